The third kappa shape index (κ3) is 6.65. The Bertz CT molecular complexity index is 976. The van der Waals surface area contributed by atoms with Gasteiger partial charge in [0, 0.05) is 15.7 Å². The summed E-state index contributed by atoms with van der Waals surface area (Å²) in [5.74, 6) is -0.0818. The predicted octanol–water partition coefficient (Wildman–Crippen LogP) is 5.67. The monoisotopic (exact) mass is 439 g/mol. The van der Waals surface area contributed by atoms with E-state index in [-0.39, 0.29) is 18.6 Å². The average molecular weight is 440 g/mol. The third-order valence-corrected chi connectivity index (χ3v) is 5.76. The summed E-state index contributed by atoms with van der Waals surface area (Å²) < 4.78 is 5.14. The van der Waals surface area contributed by atoms with Crippen LogP contribution in [0.3, 0.4) is 0 Å². The molecule has 0 aromatic heterocycles. The molecule has 0 bridgehead atoms. The molecule has 0 saturated carbocycles. The fraction of sp³-hybridized carbons (Fsp3) is 0.167. The first kappa shape index (κ1) is 21.9. The average Bonchev–Trinajstić information content (AvgIpc) is 2.78. The Morgan fingerprint density at radius 1 is 0.967 bits per heavy atom. The second-order valence-electron chi connectivity index (χ2n) is 6.72. The number of carbonyl (C=O) groups excluding carboxylic acids is 2. The molecule has 1 amide bonds. The van der Waals surface area contributed by atoms with Crippen molar-refractivity contribution in [1.82, 2.24) is 5.32 Å². The number of benzene rings is 3. The molecule has 0 fully saturated rings. The smallest absolute Gasteiger partial charge is 0.338 e. The highest BCUT2D eigenvalue weighted by molar-refractivity contribution is 7.98. The summed E-state index contributed by atoms with van der Waals surface area (Å²) in [4.78, 5) is 25.4. The molecule has 154 valence electrons. The maximum absolute atomic E-state index is 12.2. The number of hydrogen-bond acceptors (Lipinski definition) is 4. The zero-order chi connectivity index (χ0) is 21.3. The Labute approximate surface area is 185 Å². The van der Waals surface area contributed by atoms with Crippen LogP contribution in [-0.2, 0) is 15.3 Å². The van der Waals surface area contributed by atoms with Crippen LogP contribution in [0.2, 0.25) is 5.02 Å². The molecule has 1 N–H and O–H groups in total. The van der Waals surface area contributed by atoms with Gasteiger partial charge in [-0.3, -0.25) is 4.79 Å². The van der Waals surface area contributed by atoms with Gasteiger partial charge < -0.3 is 10.1 Å². The van der Waals surface area contributed by atoms with E-state index in [1.807, 2.05) is 73.7 Å². The van der Waals surface area contributed by atoms with Crippen molar-refractivity contribution >= 4 is 35.2 Å². The number of halogens is 1. The van der Waals surface area contributed by atoms with Crippen molar-refractivity contribution in [2.75, 3.05) is 6.61 Å². The normalized spacial score (nSPS) is 11.5. The van der Waals surface area contributed by atoms with Gasteiger partial charge in [0.1, 0.15) is 0 Å². The lowest BCUT2D eigenvalue weighted by atomic mass is 10.1. The summed E-state index contributed by atoms with van der Waals surface area (Å²) >= 11 is 7.58. The first-order valence-electron chi connectivity index (χ1n) is 9.50. The van der Waals surface area contributed by atoms with E-state index in [0.717, 1.165) is 21.8 Å². The molecule has 0 spiro atoms. The Balaban J connectivity index is 1.44. The van der Waals surface area contributed by atoms with E-state index >= 15 is 0 Å². The highest BCUT2D eigenvalue weighted by atomic mass is 35.5. The molecule has 0 aliphatic heterocycles. The molecule has 0 saturated heterocycles. The Morgan fingerprint density at radius 2 is 1.63 bits per heavy atom. The summed E-state index contributed by atoms with van der Waals surface area (Å²) in [5, 5.41) is 3.53. The minimum atomic E-state index is -0.519. The van der Waals surface area contributed by atoms with Gasteiger partial charge in [-0.15, -0.1) is 11.8 Å². The lowest BCUT2D eigenvalue weighted by molar-refractivity contribution is -0.124. The van der Waals surface area contributed by atoms with Crippen LogP contribution in [0.5, 0.6) is 0 Å². The number of ether oxygens (including phenoxy) is 1. The van der Waals surface area contributed by atoms with Crippen LogP contribution in [0, 0.1) is 0 Å². The van der Waals surface area contributed by atoms with Gasteiger partial charge in [-0.25, -0.2) is 4.79 Å². The molecule has 3 aromatic rings. The van der Waals surface area contributed by atoms with Crippen LogP contribution in [-0.4, -0.2) is 18.5 Å². The minimum Gasteiger partial charge on any atom is -0.452 e. The fourth-order valence-electron chi connectivity index (χ4n) is 2.76. The van der Waals surface area contributed by atoms with Gasteiger partial charge in [-0.2, -0.15) is 0 Å². The zero-order valence-electron chi connectivity index (χ0n) is 16.5. The van der Waals surface area contributed by atoms with Gasteiger partial charge in [0.25, 0.3) is 5.91 Å². The van der Waals surface area contributed by atoms with E-state index in [9.17, 15) is 9.59 Å². The van der Waals surface area contributed by atoms with Gasteiger partial charge in [0.2, 0.25) is 0 Å². The first-order chi connectivity index (χ1) is 14.5. The van der Waals surface area contributed by atoms with Crippen molar-refractivity contribution in [1.29, 1.82) is 0 Å². The van der Waals surface area contributed by atoms with E-state index in [0.29, 0.717) is 10.6 Å². The number of amides is 1. The van der Waals surface area contributed by atoms with E-state index in [1.54, 1.807) is 23.9 Å². The van der Waals surface area contributed by atoms with Crippen molar-refractivity contribution in [3.8, 4) is 0 Å². The Kier molecular flexibility index (Phi) is 7.94. The fourth-order valence-corrected chi connectivity index (χ4v) is 3.74. The molecule has 3 aromatic carbocycles. The topological polar surface area (TPSA) is 55.4 Å². The van der Waals surface area contributed by atoms with Crippen LogP contribution in [0.15, 0.2) is 83.8 Å². The predicted molar refractivity (Wildman–Crippen MR) is 121 cm³/mol. The molecule has 3 rings (SSSR count). The molecule has 30 heavy (non-hydrogen) atoms. The molecule has 0 unspecified atom stereocenters. The number of hydrogen-bond donors (Lipinski definition) is 1. The zero-order valence-corrected chi connectivity index (χ0v) is 18.1. The number of esters is 1. The summed E-state index contributed by atoms with van der Waals surface area (Å²) in [7, 11) is 0. The Hall–Kier alpha value is -2.76. The van der Waals surface area contributed by atoms with Crippen LogP contribution >= 0.6 is 23.4 Å². The Morgan fingerprint density at radius 3 is 2.30 bits per heavy atom. The lowest BCUT2D eigenvalue weighted by Gasteiger charge is -2.14. The van der Waals surface area contributed by atoms with E-state index in [1.165, 1.54) is 0 Å². The van der Waals surface area contributed by atoms with Gasteiger partial charge in [0.05, 0.1) is 11.6 Å². The SMILES string of the molecule is C[C@H](NC(=O)COC(=O)c1ccc(CSc2ccc(Cl)cc2)cc1)c1ccccc1. The molecule has 0 heterocycles. The molecular weight excluding hydrogens is 418 g/mol. The molecule has 0 radical (unpaired) electrons. The summed E-state index contributed by atoms with van der Waals surface area (Å²) in [6, 6.07) is 24.3. The second kappa shape index (κ2) is 10.9. The molecule has 1 atom stereocenters. The maximum atomic E-state index is 12.2. The van der Waals surface area contributed by atoms with Crippen molar-refractivity contribution in [3.05, 3.63) is 101 Å². The number of nitrogens with one attached hydrogen (secondary N) is 1. The van der Waals surface area contributed by atoms with Crippen molar-refractivity contribution in [2.24, 2.45) is 0 Å². The quantitative estimate of drug-likeness (QED) is 0.363. The molecule has 6 heteroatoms. The first-order valence-corrected chi connectivity index (χ1v) is 10.9. The van der Waals surface area contributed by atoms with Gasteiger partial charge in [-0.1, -0.05) is 54.1 Å². The van der Waals surface area contributed by atoms with E-state index in [2.05, 4.69) is 5.32 Å². The van der Waals surface area contributed by atoms with Crippen LogP contribution in [0.1, 0.15) is 34.5 Å². The molecule has 0 aliphatic carbocycles. The molecular formula is C24H22ClNO3S. The van der Waals surface area contributed by atoms with Crippen LogP contribution in [0.4, 0.5) is 0 Å². The van der Waals surface area contributed by atoms with Gasteiger partial charge in [-0.05, 0) is 54.4 Å². The van der Waals surface area contributed by atoms with Gasteiger partial charge in [0.15, 0.2) is 6.61 Å². The van der Waals surface area contributed by atoms with Crippen molar-refractivity contribution in [3.63, 3.8) is 0 Å². The van der Waals surface area contributed by atoms with E-state index < -0.39 is 5.97 Å². The molecule has 0 aliphatic rings. The largest absolute Gasteiger partial charge is 0.452 e. The van der Waals surface area contributed by atoms with Crippen molar-refractivity contribution in [2.45, 2.75) is 23.6 Å². The highest BCUT2D eigenvalue weighted by Gasteiger charge is 2.13. The number of rotatable bonds is 8. The standard InChI is InChI=1S/C24H22ClNO3S/c1-17(19-5-3-2-4-6-19)26-23(27)15-29-24(28)20-9-7-18(8-10-20)16-30-22-13-11-21(25)12-14-22/h2-14,17H,15-16H2,1H3,(H,26,27)/t17-/m0/s1. The summed E-state index contributed by atoms with van der Waals surface area (Å²) in [6.07, 6.45) is 0. The lowest BCUT2D eigenvalue weighted by Crippen LogP contribution is -2.31. The summed E-state index contributed by atoms with van der Waals surface area (Å²) in [6.45, 7) is 1.57. The number of thioether (sulfide) groups is 1. The minimum absolute atomic E-state index is 0.158. The van der Waals surface area contributed by atoms with Gasteiger partial charge >= 0.3 is 5.97 Å². The van der Waals surface area contributed by atoms with Crippen LogP contribution in [0.25, 0.3) is 0 Å². The maximum Gasteiger partial charge on any atom is 0.338 e. The van der Waals surface area contributed by atoms with Crippen molar-refractivity contribution < 1.29 is 14.3 Å². The highest BCUT2D eigenvalue weighted by Crippen LogP contribution is 2.24. The van der Waals surface area contributed by atoms with Crippen LogP contribution < -0.4 is 5.32 Å². The number of carbonyl (C=O) groups is 2. The molecule has 4 nitrogen and oxygen atoms in total. The third-order valence-electron chi connectivity index (χ3n) is 4.42. The van der Waals surface area contributed by atoms with E-state index in [4.69, 9.17) is 16.3 Å². The second-order valence-corrected chi connectivity index (χ2v) is 8.20. The summed E-state index contributed by atoms with van der Waals surface area (Å²) in [5.41, 5.74) is 2.49.